The Kier molecular flexibility index (Phi) is 6.41. The van der Waals surface area contributed by atoms with Crippen LogP contribution in [-0.2, 0) is 14.3 Å². The molecular weight excluding hydrogens is 272 g/mol. The topological polar surface area (TPSA) is 71.0 Å². The summed E-state index contributed by atoms with van der Waals surface area (Å²) in [5, 5.41) is 12.8. The van der Waals surface area contributed by atoms with Gasteiger partial charge >= 0.3 is 0 Å². The van der Waals surface area contributed by atoms with E-state index in [-0.39, 0.29) is 18.1 Å². The Morgan fingerprint density at radius 3 is 2.71 bits per heavy atom. The number of amides is 1. The maximum Gasteiger partial charge on any atom is 0.252 e. The third-order valence-corrected chi connectivity index (χ3v) is 4.03. The summed E-state index contributed by atoms with van der Waals surface area (Å²) in [5.41, 5.74) is 0. The summed E-state index contributed by atoms with van der Waals surface area (Å²) < 4.78 is 11.2. The second-order valence-corrected chi connectivity index (χ2v) is 6.23. The molecule has 2 aliphatic heterocycles. The van der Waals surface area contributed by atoms with E-state index in [1.54, 1.807) is 0 Å². The first-order valence-electron chi connectivity index (χ1n) is 8.00. The number of carbonyl (C=O) groups excluding carboxylic acids is 1. The highest BCUT2D eigenvalue weighted by molar-refractivity contribution is 5.81. The van der Waals surface area contributed by atoms with Crippen LogP contribution in [0.15, 0.2) is 0 Å². The normalized spacial score (nSPS) is 31.3. The lowest BCUT2D eigenvalue weighted by Crippen LogP contribution is -2.51. The average Bonchev–Trinajstić information content (AvgIpc) is 2.46. The quantitative estimate of drug-likeness (QED) is 0.756. The molecule has 21 heavy (non-hydrogen) atoms. The van der Waals surface area contributed by atoms with Crippen molar-refractivity contribution in [2.24, 2.45) is 0 Å². The molecule has 3 unspecified atom stereocenters. The van der Waals surface area contributed by atoms with Crippen LogP contribution in [0.4, 0.5) is 0 Å². The van der Waals surface area contributed by atoms with Crippen LogP contribution in [0.3, 0.4) is 0 Å². The second kappa shape index (κ2) is 8.08. The van der Waals surface area contributed by atoms with Gasteiger partial charge in [-0.15, -0.1) is 0 Å². The van der Waals surface area contributed by atoms with Gasteiger partial charge in [-0.1, -0.05) is 0 Å². The first kappa shape index (κ1) is 16.7. The molecule has 0 aromatic rings. The van der Waals surface area contributed by atoms with Crippen LogP contribution in [0.2, 0.25) is 0 Å². The van der Waals surface area contributed by atoms with Crippen LogP contribution in [0.25, 0.3) is 0 Å². The zero-order chi connectivity index (χ0) is 15.2. The summed E-state index contributed by atoms with van der Waals surface area (Å²) >= 11 is 0. The van der Waals surface area contributed by atoms with Crippen molar-refractivity contribution in [2.45, 2.75) is 57.5 Å². The first-order chi connectivity index (χ1) is 10.1. The van der Waals surface area contributed by atoms with E-state index in [2.05, 4.69) is 10.2 Å². The fourth-order valence-corrected chi connectivity index (χ4v) is 2.84. The van der Waals surface area contributed by atoms with E-state index in [0.29, 0.717) is 6.42 Å². The van der Waals surface area contributed by atoms with E-state index in [9.17, 15) is 9.90 Å². The summed E-state index contributed by atoms with van der Waals surface area (Å²) in [6.45, 7) is 8.29. The molecule has 2 aliphatic rings. The van der Waals surface area contributed by atoms with Crippen LogP contribution < -0.4 is 5.32 Å². The van der Waals surface area contributed by atoms with E-state index >= 15 is 0 Å². The number of carbonyl (C=O) groups is 1. The van der Waals surface area contributed by atoms with Gasteiger partial charge in [0.05, 0.1) is 25.4 Å². The molecule has 3 atom stereocenters. The molecule has 1 amide bonds. The number of morpholine rings is 1. The monoisotopic (exact) mass is 300 g/mol. The Morgan fingerprint density at radius 1 is 1.33 bits per heavy atom. The third-order valence-electron chi connectivity index (χ3n) is 4.03. The molecule has 0 saturated carbocycles. The summed E-state index contributed by atoms with van der Waals surface area (Å²) in [5.74, 6) is -0.200. The molecule has 6 heteroatoms. The highest BCUT2D eigenvalue weighted by Crippen LogP contribution is 2.22. The van der Waals surface area contributed by atoms with Crippen LogP contribution in [-0.4, -0.2) is 73.1 Å². The van der Waals surface area contributed by atoms with E-state index in [1.165, 1.54) is 0 Å². The maximum absolute atomic E-state index is 12.0. The van der Waals surface area contributed by atoms with Gasteiger partial charge in [-0.3, -0.25) is 9.69 Å². The molecule has 2 heterocycles. The van der Waals surface area contributed by atoms with Crippen LogP contribution in [0, 0.1) is 0 Å². The number of nitrogens with one attached hydrogen (secondary N) is 1. The van der Waals surface area contributed by atoms with Gasteiger partial charge in [0.2, 0.25) is 0 Å². The van der Waals surface area contributed by atoms with E-state index in [0.717, 1.165) is 45.7 Å². The highest BCUT2D eigenvalue weighted by atomic mass is 16.5. The number of ether oxygens (including phenoxy) is 2. The van der Waals surface area contributed by atoms with Gasteiger partial charge in [0.25, 0.3) is 5.91 Å². The number of hydrogen-bond donors (Lipinski definition) is 2. The Bertz CT molecular complexity index is 332. The van der Waals surface area contributed by atoms with Crippen molar-refractivity contribution in [2.75, 3.05) is 32.8 Å². The minimum atomic E-state index is -0.726. The van der Waals surface area contributed by atoms with Crippen LogP contribution in [0.1, 0.15) is 33.1 Å². The van der Waals surface area contributed by atoms with Gasteiger partial charge in [-0.05, 0) is 33.1 Å². The van der Waals surface area contributed by atoms with E-state index in [4.69, 9.17) is 9.47 Å². The molecule has 122 valence electrons. The van der Waals surface area contributed by atoms with Gasteiger partial charge in [0.15, 0.2) is 6.10 Å². The van der Waals surface area contributed by atoms with Gasteiger partial charge in [-0.25, -0.2) is 0 Å². The average molecular weight is 300 g/mol. The minimum Gasteiger partial charge on any atom is -0.390 e. The van der Waals surface area contributed by atoms with Crippen molar-refractivity contribution in [1.82, 2.24) is 10.2 Å². The summed E-state index contributed by atoms with van der Waals surface area (Å²) in [6, 6.07) is 0.0574. The zero-order valence-electron chi connectivity index (χ0n) is 13.1. The van der Waals surface area contributed by atoms with Gasteiger partial charge in [-0.2, -0.15) is 0 Å². The highest BCUT2D eigenvalue weighted by Gasteiger charge is 2.35. The van der Waals surface area contributed by atoms with Gasteiger partial charge < -0.3 is 19.9 Å². The first-order valence-corrected chi connectivity index (χ1v) is 8.00. The molecule has 0 aromatic heterocycles. The van der Waals surface area contributed by atoms with Crippen LogP contribution >= 0.6 is 0 Å². The molecule has 2 rings (SSSR count). The van der Waals surface area contributed by atoms with Crippen molar-refractivity contribution in [3.05, 3.63) is 0 Å². The number of nitrogens with zero attached hydrogens (tertiary/aromatic N) is 1. The Balaban J connectivity index is 1.77. The maximum atomic E-state index is 12.0. The number of rotatable bonds is 5. The largest absolute Gasteiger partial charge is 0.390 e. The molecule has 0 spiro atoms. The SMILES string of the molecule is CC(C)NC(=O)C1OC(CCN2CCOCC2)CCC1O. The molecule has 2 fully saturated rings. The minimum absolute atomic E-state index is 0.0548. The fraction of sp³-hybridized carbons (Fsp3) is 0.933. The van der Waals surface area contributed by atoms with Crippen molar-refractivity contribution in [1.29, 1.82) is 0 Å². The predicted molar refractivity (Wildman–Crippen MR) is 79.1 cm³/mol. The standard InChI is InChI=1S/C15H28N2O4/c1-11(2)16-15(19)14-13(18)4-3-12(21-14)5-6-17-7-9-20-10-8-17/h11-14,18H,3-10H2,1-2H3,(H,16,19). The molecule has 0 radical (unpaired) electrons. The smallest absolute Gasteiger partial charge is 0.252 e. The number of aliphatic hydroxyl groups excluding tert-OH is 1. The van der Waals surface area contributed by atoms with E-state index in [1.807, 2.05) is 13.8 Å². The Hall–Kier alpha value is -0.690. The molecular formula is C15H28N2O4. The fourth-order valence-electron chi connectivity index (χ4n) is 2.84. The summed E-state index contributed by atoms with van der Waals surface area (Å²) in [4.78, 5) is 14.4. The van der Waals surface area contributed by atoms with Crippen LogP contribution in [0.5, 0.6) is 0 Å². The third kappa shape index (κ3) is 5.21. The predicted octanol–water partition coefficient (Wildman–Crippen LogP) is 0.142. The van der Waals surface area contributed by atoms with Crippen molar-refractivity contribution >= 4 is 5.91 Å². The Labute approximate surface area is 126 Å². The number of aliphatic hydroxyl groups is 1. The molecule has 6 nitrogen and oxygen atoms in total. The lowest BCUT2D eigenvalue weighted by Gasteiger charge is -2.35. The number of hydrogen-bond acceptors (Lipinski definition) is 5. The molecule has 2 saturated heterocycles. The van der Waals surface area contributed by atoms with E-state index < -0.39 is 12.2 Å². The van der Waals surface area contributed by atoms with Gasteiger partial charge in [0.1, 0.15) is 0 Å². The molecule has 0 aliphatic carbocycles. The molecule has 2 N–H and O–H groups in total. The summed E-state index contributed by atoms with van der Waals surface area (Å²) in [6.07, 6.45) is 0.984. The lowest BCUT2D eigenvalue weighted by atomic mass is 9.98. The molecule has 0 aromatic carbocycles. The van der Waals surface area contributed by atoms with Crippen molar-refractivity contribution < 1.29 is 19.4 Å². The lowest BCUT2D eigenvalue weighted by molar-refractivity contribution is -0.159. The Morgan fingerprint density at radius 2 is 2.05 bits per heavy atom. The summed E-state index contributed by atoms with van der Waals surface area (Å²) in [7, 11) is 0. The van der Waals surface area contributed by atoms with Crippen molar-refractivity contribution in [3.63, 3.8) is 0 Å². The van der Waals surface area contributed by atoms with Gasteiger partial charge in [0, 0.05) is 25.7 Å². The second-order valence-electron chi connectivity index (χ2n) is 6.23. The van der Waals surface area contributed by atoms with Crippen molar-refractivity contribution in [3.8, 4) is 0 Å². The molecule has 0 bridgehead atoms. The zero-order valence-corrected chi connectivity index (χ0v) is 13.1.